The molecular weight excluding hydrogens is 294 g/mol. The number of pyridine rings is 1. The fourth-order valence-electron chi connectivity index (χ4n) is 1.99. The van der Waals surface area contributed by atoms with Crippen LogP contribution in [0.5, 0.6) is 11.6 Å². The molecule has 0 aliphatic heterocycles. The molecule has 7 nitrogen and oxygen atoms in total. The number of nitrogens with two attached hydrogens (primary N) is 1. The van der Waals surface area contributed by atoms with Crippen molar-refractivity contribution in [2.75, 3.05) is 5.32 Å². The lowest BCUT2D eigenvalue weighted by Crippen LogP contribution is -2.14. The summed E-state index contributed by atoms with van der Waals surface area (Å²) in [5, 5.41) is 3.04. The summed E-state index contributed by atoms with van der Waals surface area (Å²) in [5.41, 5.74) is 6.41. The first kappa shape index (κ1) is 14.6. The average Bonchev–Trinajstić information content (AvgIpc) is 3.04. The number of nitrogens with one attached hydrogen (secondary N) is 2. The van der Waals surface area contributed by atoms with Crippen molar-refractivity contribution in [3.63, 3.8) is 0 Å². The van der Waals surface area contributed by atoms with Crippen LogP contribution in [0.2, 0.25) is 0 Å². The van der Waals surface area contributed by atoms with E-state index in [0.29, 0.717) is 18.2 Å². The van der Waals surface area contributed by atoms with Crippen molar-refractivity contribution in [1.29, 1.82) is 0 Å². The van der Waals surface area contributed by atoms with Gasteiger partial charge in [0.2, 0.25) is 5.88 Å². The number of ether oxygens (including phenoxy) is 1. The molecule has 0 radical (unpaired) electrons. The van der Waals surface area contributed by atoms with Crippen LogP contribution in [0.25, 0.3) is 0 Å². The Morgan fingerprint density at radius 3 is 2.70 bits per heavy atom. The molecule has 0 aliphatic carbocycles. The molecule has 1 aromatic carbocycles. The molecule has 0 unspecified atom stereocenters. The predicted molar refractivity (Wildman–Crippen MR) is 85.2 cm³/mol. The second-order valence-electron chi connectivity index (χ2n) is 4.76. The number of anilines is 1. The lowest BCUT2D eigenvalue weighted by molar-refractivity contribution is 0.0997. The highest BCUT2D eigenvalue weighted by Crippen LogP contribution is 2.19. The third kappa shape index (κ3) is 3.65. The minimum Gasteiger partial charge on any atom is -0.439 e. The van der Waals surface area contributed by atoms with Gasteiger partial charge in [-0.1, -0.05) is 24.3 Å². The van der Waals surface area contributed by atoms with Crippen molar-refractivity contribution in [3.05, 3.63) is 66.2 Å². The van der Waals surface area contributed by atoms with Crippen LogP contribution in [-0.4, -0.2) is 20.9 Å². The van der Waals surface area contributed by atoms with E-state index in [0.717, 1.165) is 11.3 Å². The first-order valence-corrected chi connectivity index (χ1v) is 6.97. The first-order valence-electron chi connectivity index (χ1n) is 6.97. The molecule has 0 fully saturated rings. The Hall–Kier alpha value is -3.35. The molecule has 0 saturated heterocycles. The van der Waals surface area contributed by atoms with Gasteiger partial charge >= 0.3 is 0 Å². The number of carbonyl (C=O) groups excluding carboxylic acids is 1. The maximum absolute atomic E-state index is 11.2. The van der Waals surface area contributed by atoms with Gasteiger partial charge in [-0.2, -0.15) is 0 Å². The summed E-state index contributed by atoms with van der Waals surface area (Å²) < 4.78 is 5.62. The van der Waals surface area contributed by atoms with Crippen molar-refractivity contribution in [1.82, 2.24) is 15.0 Å². The van der Waals surface area contributed by atoms with Gasteiger partial charge in [-0.25, -0.2) is 9.97 Å². The Bertz CT molecular complexity index is 784. The molecule has 3 aromatic rings. The predicted octanol–water partition coefficient (Wildman–Crippen LogP) is 2.31. The molecule has 3 rings (SSSR count). The van der Waals surface area contributed by atoms with Gasteiger partial charge in [0.25, 0.3) is 5.91 Å². The summed E-state index contributed by atoms with van der Waals surface area (Å²) in [5.74, 6) is 1.10. The minimum absolute atomic E-state index is 0.252. The topological polar surface area (TPSA) is 106 Å². The Balaban J connectivity index is 1.61. The monoisotopic (exact) mass is 309 g/mol. The zero-order chi connectivity index (χ0) is 16.1. The summed E-state index contributed by atoms with van der Waals surface area (Å²) in [6, 6.07) is 13.1. The van der Waals surface area contributed by atoms with E-state index in [1.807, 2.05) is 36.4 Å². The number of hydrogen-bond acceptors (Lipinski definition) is 5. The van der Waals surface area contributed by atoms with Gasteiger partial charge in [0.05, 0.1) is 6.33 Å². The van der Waals surface area contributed by atoms with Gasteiger partial charge in [-0.15, -0.1) is 0 Å². The van der Waals surface area contributed by atoms with Crippen molar-refractivity contribution in [2.45, 2.75) is 6.54 Å². The Morgan fingerprint density at radius 1 is 1.17 bits per heavy atom. The number of para-hydroxylation sites is 1. The smallest absolute Gasteiger partial charge is 0.269 e. The maximum Gasteiger partial charge on any atom is 0.269 e. The van der Waals surface area contributed by atoms with E-state index in [2.05, 4.69) is 20.3 Å². The molecule has 0 spiro atoms. The van der Waals surface area contributed by atoms with Gasteiger partial charge in [0.1, 0.15) is 11.4 Å². The second kappa shape index (κ2) is 6.61. The van der Waals surface area contributed by atoms with E-state index in [4.69, 9.17) is 10.5 Å². The van der Waals surface area contributed by atoms with E-state index >= 15 is 0 Å². The highest BCUT2D eigenvalue weighted by Gasteiger charge is 2.10. The van der Waals surface area contributed by atoms with Crippen LogP contribution in [0.4, 0.5) is 5.82 Å². The van der Waals surface area contributed by atoms with Crippen molar-refractivity contribution < 1.29 is 9.53 Å². The quantitative estimate of drug-likeness (QED) is 0.648. The van der Waals surface area contributed by atoms with Crippen LogP contribution in [0.3, 0.4) is 0 Å². The summed E-state index contributed by atoms with van der Waals surface area (Å²) in [6.07, 6.45) is 3.11. The molecule has 1 amide bonds. The second-order valence-corrected chi connectivity index (χ2v) is 4.76. The van der Waals surface area contributed by atoms with Crippen LogP contribution >= 0.6 is 0 Å². The molecular formula is C16H15N5O2. The number of H-pyrrole nitrogens is 1. The number of hydrogen-bond donors (Lipinski definition) is 3. The molecule has 0 bridgehead atoms. The van der Waals surface area contributed by atoms with Crippen molar-refractivity contribution >= 4 is 11.7 Å². The van der Waals surface area contributed by atoms with Crippen LogP contribution < -0.4 is 15.8 Å². The van der Waals surface area contributed by atoms with Gasteiger partial charge in [-0.3, -0.25) is 4.79 Å². The van der Waals surface area contributed by atoms with E-state index in [1.54, 1.807) is 12.3 Å². The third-order valence-corrected chi connectivity index (χ3v) is 3.11. The molecule has 2 aromatic heterocycles. The highest BCUT2D eigenvalue weighted by atomic mass is 16.5. The van der Waals surface area contributed by atoms with Crippen LogP contribution in [0.15, 0.2) is 55.0 Å². The van der Waals surface area contributed by atoms with E-state index < -0.39 is 5.91 Å². The molecule has 116 valence electrons. The number of imidazole rings is 1. The number of carbonyl (C=O) groups is 1. The lowest BCUT2D eigenvalue weighted by Gasteiger charge is -2.07. The Labute approximate surface area is 132 Å². The normalized spacial score (nSPS) is 10.3. The van der Waals surface area contributed by atoms with Gasteiger partial charge in [0, 0.05) is 18.8 Å². The largest absolute Gasteiger partial charge is 0.439 e. The molecule has 0 atom stereocenters. The minimum atomic E-state index is -0.560. The Morgan fingerprint density at radius 2 is 2.00 bits per heavy atom. The summed E-state index contributed by atoms with van der Waals surface area (Å²) in [6.45, 7) is 0.462. The molecule has 0 aliphatic rings. The summed E-state index contributed by atoms with van der Waals surface area (Å²) in [4.78, 5) is 22.2. The molecule has 0 saturated carbocycles. The summed E-state index contributed by atoms with van der Waals surface area (Å²) >= 11 is 0. The van der Waals surface area contributed by atoms with Gasteiger partial charge in [0.15, 0.2) is 5.82 Å². The van der Waals surface area contributed by atoms with Crippen LogP contribution in [-0.2, 0) is 6.54 Å². The van der Waals surface area contributed by atoms with Gasteiger partial charge in [-0.05, 0) is 17.7 Å². The standard InChI is InChI=1S/C16H15N5O2/c17-15(22)14-16(21-10-20-14)19-9-11-6-7-13(18-8-11)23-12-4-2-1-3-5-12/h1-8,10,19H,9H2,(H2,17,22)(H,20,21). The van der Waals surface area contributed by atoms with E-state index in [-0.39, 0.29) is 5.69 Å². The van der Waals surface area contributed by atoms with Crippen molar-refractivity contribution in [3.8, 4) is 11.6 Å². The van der Waals surface area contributed by atoms with Crippen LogP contribution in [0.1, 0.15) is 16.1 Å². The van der Waals surface area contributed by atoms with E-state index in [1.165, 1.54) is 6.33 Å². The number of aromatic amines is 1. The molecule has 7 heteroatoms. The number of benzene rings is 1. The number of primary amides is 1. The van der Waals surface area contributed by atoms with Gasteiger partial charge < -0.3 is 20.8 Å². The van der Waals surface area contributed by atoms with E-state index in [9.17, 15) is 4.79 Å². The van der Waals surface area contributed by atoms with Crippen LogP contribution in [0, 0.1) is 0 Å². The Kier molecular flexibility index (Phi) is 4.19. The number of nitrogens with zero attached hydrogens (tertiary/aromatic N) is 2. The first-order chi connectivity index (χ1) is 11.2. The van der Waals surface area contributed by atoms with Crippen molar-refractivity contribution in [2.24, 2.45) is 5.73 Å². The SMILES string of the molecule is NC(=O)c1[nH]cnc1NCc1ccc(Oc2ccccc2)nc1. The zero-order valence-corrected chi connectivity index (χ0v) is 12.2. The maximum atomic E-state index is 11.2. The molecule has 23 heavy (non-hydrogen) atoms. The third-order valence-electron chi connectivity index (χ3n) is 3.11. The summed E-state index contributed by atoms with van der Waals surface area (Å²) in [7, 11) is 0. The fraction of sp³-hybridized carbons (Fsp3) is 0.0625. The fourth-order valence-corrected chi connectivity index (χ4v) is 1.99. The lowest BCUT2D eigenvalue weighted by atomic mass is 10.3. The number of amides is 1. The number of aromatic nitrogens is 3. The molecule has 4 N–H and O–H groups in total. The average molecular weight is 309 g/mol. The molecule has 2 heterocycles. The number of rotatable bonds is 6. The zero-order valence-electron chi connectivity index (χ0n) is 12.2. The highest BCUT2D eigenvalue weighted by molar-refractivity contribution is 5.95.